The Morgan fingerprint density at radius 3 is 2.76 bits per heavy atom. The van der Waals surface area contributed by atoms with Gasteiger partial charge in [-0.05, 0) is 36.8 Å². The Bertz CT molecular complexity index is 956. The molecule has 0 unspecified atom stereocenters. The molecule has 3 rings (SSSR count). The molecule has 25 heavy (non-hydrogen) atoms. The van der Waals surface area contributed by atoms with Crippen LogP contribution in [-0.2, 0) is 12.3 Å². The molecule has 130 valence electrons. The molecule has 3 aromatic rings. The van der Waals surface area contributed by atoms with Gasteiger partial charge in [0.1, 0.15) is 11.6 Å². The van der Waals surface area contributed by atoms with Gasteiger partial charge in [-0.3, -0.25) is 9.36 Å². The zero-order chi connectivity index (χ0) is 17.8. The fourth-order valence-electron chi connectivity index (χ4n) is 2.57. The minimum Gasteiger partial charge on any atom is -0.287 e. The molecule has 6 heteroatoms. The normalized spacial score (nSPS) is 11.2. The van der Waals surface area contributed by atoms with Crippen LogP contribution in [0.5, 0.6) is 0 Å². The lowest BCUT2D eigenvalue weighted by atomic mass is 10.2. The predicted octanol–water partition coefficient (Wildman–Crippen LogP) is 4.77. The lowest BCUT2D eigenvalue weighted by Gasteiger charge is -2.13. The van der Waals surface area contributed by atoms with Crippen molar-refractivity contribution in [1.29, 1.82) is 0 Å². The second-order valence-electron chi connectivity index (χ2n) is 5.75. The van der Waals surface area contributed by atoms with E-state index in [4.69, 9.17) is 0 Å². The van der Waals surface area contributed by atoms with Crippen LogP contribution in [-0.4, -0.2) is 9.55 Å². The Labute approximate surface area is 148 Å². The molecule has 0 bridgehead atoms. The SMILES string of the molecule is CCCCn1c(SCc2cc(F)ccc2F)nc2ccccc2c1=O. The molecule has 0 aliphatic rings. The van der Waals surface area contributed by atoms with E-state index in [9.17, 15) is 13.6 Å². The lowest BCUT2D eigenvalue weighted by molar-refractivity contribution is 0.557. The molecule has 1 heterocycles. The summed E-state index contributed by atoms with van der Waals surface area (Å²) in [4.78, 5) is 17.3. The number of nitrogens with zero attached hydrogens (tertiary/aromatic N) is 2. The van der Waals surface area contributed by atoms with E-state index in [1.807, 2.05) is 12.1 Å². The number of halogens is 2. The smallest absolute Gasteiger partial charge is 0.262 e. The molecule has 0 spiro atoms. The summed E-state index contributed by atoms with van der Waals surface area (Å²) in [6, 6.07) is 10.6. The fourth-order valence-corrected chi connectivity index (χ4v) is 3.57. The van der Waals surface area contributed by atoms with Gasteiger partial charge >= 0.3 is 0 Å². The Balaban J connectivity index is 1.98. The molecule has 0 amide bonds. The number of benzene rings is 2. The largest absolute Gasteiger partial charge is 0.287 e. The molecule has 0 aliphatic carbocycles. The maximum Gasteiger partial charge on any atom is 0.262 e. The number of hydrogen-bond acceptors (Lipinski definition) is 3. The van der Waals surface area contributed by atoms with Crippen LogP contribution in [0.2, 0.25) is 0 Å². The highest BCUT2D eigenvalue weighted by atomic mass is 32.2. The number of thioether (sulfide) groups is 1. The summed E-state index contributed by atoms with van der Waals surface area (Å²) >= 11 is 1.25. The molecule has 0 saturated carbocycles. The van der Waals surface area contributed by atoms with Crippen molar-refractivity contribution in [3.63, 3.8) is 0 Å². The second-order valence-corrected chi connectivity index (χ2v) is 6.69. The molecular weight excluding hydrogens is 342 g/mol. The van der Waals surface area contributed by atoms with Gasteiger partial charge in [0.15, 0.2) is 5.16 Å². The molecule has 2 aromatic carbocycles. The minimum atomic E-state index is -0.480. The third-order valence-corrected chi connectivity index (χ3v) is 4.95. The molecule has 0 N–H and O–H groups in total. The highest BCUT2D eigenvalue weighted by Crippen LogP contribution is 2.24. The predicted molar refractivity (Wildman–Crippen MR) is 96.8 cm³/mol. The first-order chi connectivity index (χ1) is 12.1. The van der Waals surface area contributed by atoms with Gasteiger partial charge in [-0.1, -0.05) is 37.2 Å². The van der Waals surface area contributed by atoms with Gasteiger partial charge in [0.2, 0.25) is 0 Å². The highest BCUT2D eigenvalue weighted by molar-refractivity contribution is 7.98. The Morgan fingerprint density at radius 2 is 1.96 bits per heavy atom. The van der Waals surface area contributed by atoms with Gasteiger partial charge < -0.3 is 0 Å². The van der Waals surface area contributed by atoms with E-state index < -0.39 is 11.6 Å². The summed E-state index contributed by atoms with van der Waals surface area (Å²) < 4.78 is 28.8. The Hall–Kier alpha value is -2.21. The number of rotatable bonds is 6. The van der Waals surface area contributed by atoms with Crippen LogP contribution in [0.15, 0.2) is 52.4 Å². The summed E-state index contributed by atoms with van der Waals surface area (Å²) in [6.45, 7) is 2.61. The van der Waals surface area contributed by atoms with Gasteiger partial charge in [-0.25, -0.2) is 13.8 Å². The number of hydrogen-bond donors (Lipinski definition) is 0. The summed E-state index contributed by atoms with van der Waals surface area (Å²) in [7, 11) is 0. The van der Waals surface area contributed by atoms with Gasteiger partial charge in [-0.15, -0.1) is 0 Å². The average molecular weight is 360 g/mol. The maximum absolute atomic E-state index is 13.8. The van der Waals surface area contributed by atoms with Crippen molar-refractivity contribution in [1.82, 2.24) is 9.55 Å². The summed E-state index contributed by atoms with van der Waals surface area (Å²) in [5.74, 6) is -0.732. The quantitative estimate of drug-likeness (QED) is 0.469. The zero-order valence-corrected chi connectivity index (χ0v) is 14.7. The standard InChI is InChI=1S/C19H18F2N2OS/c1-2-3-10-23-18(24)15-6-4-5-7-17(15)22-19(23)25-12-13-11-14(20)8-9-16(13)21/h4-9,11H,2-3,10,12H2,1H3. The van der Waals surface area contributed by atoms with Gasteiger partial charge in [0, 0.05) is 17.9 Å². The fraction of sp³-hybridized carbons (Fsp3) is 0.263. The number of para-hydroxylation sites is 1. The molecule has 1 aromatic heterocycles. The van der Waals surface area contributed by atoms with Crippen molar-refractivity contribution in [3.8, 4) is 0 Å². The molecule has 0 aliphatic heterocycles. The van der Waals surface area contributed by atoms with Crippen molar-refractivity contribution in [2.24, 2.45) is 0 Å². The first-order valence-electron chi connectivity index (χ1n) is 8.16. The van der Waals surface area contributed by atoms with Crippen LogP contribution in [0.25, 0.3) is 10.9 Å². The number of unbranched alkanes of at least 4 members (excludes halogenated alkanes) is 1. The molecule has 0 saturated heterocycles. The molecule has 0 atom stereocenters. The maximum atomic E-state index is 13.8. The van der Waals surface area contributed by atoms with Crippen molar-refractivity contribution in [3.05, 3.63) is 70.0 Å². The van der Waals surface area contributed by atoms with Crippen molar-refractivity contribution >= 4 is 22.7 Å². The van der Waals surface area contributed by atoms with Crippen LogP contribution in [0.1, 0.15) is 25.3 Å². The number of aromatic nitrogens is 2. The first kappa shape index (κ1) is 17.6. The summed E-state index contributed by atoms with van der Waals surface area (Å²) in [5, 5.41) is 1.10. The Morgan fingerprint density at radius 1 is 1.16 bits per heavy atom. The topological polar surface area (TPSA) is 34.9 Å². The van der Waals surface area contributed by atoms with Crippen LogP contribution in [0, 0.1) is 11.6 Å². The van der Waals surface area contributed by atoms with Crippen LogP contribution in [0.3, 0.4) is 0 Å². The average Bonchev–Trinajstić information content (AvgIpc) is 2.62. The van der Waals surface area contributed by atoms with E-state index in [1.165, 1.54) is 17.8 Å². The third-order valence-electron chi connectivity index (χ3n) is 3.93. The van der Waals surface area contributed by atoms with Crippen molar-refractivity contribution in [2.45, 2.75) is 37.2 Å². The lowest BCUT2D eigenvalue weighted by Crippen LogP contribution is -2.23. The van der Waals surface area contributed by atoms with E-state index in [1.54, 1.807) is 16.7 Å². The van der Waals surface area contributed by atoms with E-state index in [0.29, 0.717) is 22.6 Å². The molecule has 3 nitrogen and oxygen atoms in total. The molecule has 0 radical (unpaired) electrons. The van der Waals surface area contributed by atoms with Gasteiger partial charge in [0.05, 0.1) is 10.9 Å². The molecular formula is C19H18F2N2OS. The van der Waals surface area contributed by atoms with Gasteiger partial charge in [0.25, 0.3) is 5.56 Å². The van der Waals surface area contributed by atoms with E-state index in [2.05, 4.69) is 11.9 Å². The molecule has 0 fully saturated rings. The second kappa shape index (κ2) is 7.78. The van der Waals surface area contributed by atoms with Crippen molar-refractivity contribution < 1.29 is 8.78 Å². The van der Waals surface area contributed by atoms with E-state index >= 15 is 0 Å². The van der Waals surface area contributed by atoms with Gasteiger partial charge in [-0.2, -0.15) is 0 Å². The number of fused-ring (bicyclic) bond motifs is 1. The zero-order valence-electron chi connectivity index (χ0n) is 13.8. The highest BCUT2D eigenvalue weighted by Gasteiger charge is 2.13. The van der Waals surface area contributed by atoms with E-state index in [0.717, 1.165) is 25.0 Å². The third kappa shape index (κ3) is 3.90. The summed E-state index contributed by atoms with van der Waals surface area (Å²) in [5.41, 5.74) is 0.776. The van der Waals surface area contributed by atoms with E-state index in [-0.39, 0.29) is 16.9 Å². The van der Waals surface area contributed by atoms with Crippen LogP contribution in [0.4, 0.5) is 8.78 Å². The minimum absolute atomic E-state index is 0.0961. The first-order valence-corrected chi connectivity index (χ1v) is 9.15. The summed E-state index contributed by atoms with van der Waals surface area (Å²) in [6.07, 6.45) is 1.80. The van der Waals surface area contributed by atoms with Crippen LogP contribution < -0.4 is 5.56 Å². The Kier molecular flexibility index (Phi) is 5.48. The van der Waals surface area contributed by atoms with Crippen LogP contribution >= 0.6 is 11.8 Å². The monoisotopic (exact) mass is 360 g/mol. The van der Waals surface area contributed by atoms with Crippen molar-refractivity contribution in [2.75, 3.05) is 0 Å².